The maximum Gasteiger partial charge on any atom is 0.264 e. The predicted molar refractivity (Wildman–Crippen MR) is 149 cm³/mol. The average molecular weight is 558 g/mol. The number of nitrogens with zero attached hydrogens (tertiary/aromatic N) is 2. The van der Waals surface area contributed by atoms with Crippen molar-refractivity contribution in [2.75, 3.05) is 37.4 Å². The van der Waals surface area contributed by atoms with Gasteiger partial charge in [-0.05, 0) is 43.3 Å². The number of thioether (sulfide) groups is 1. The number of benzene rings is 3. The van der Waals surface area contributed by atoms with Crippen molar-refractivity contribution in [1.29, 1.82) is 0 Å². The van der Waals surface area contributed by atoms with Gasteiger partial charge in [-0.1, -0.05) is 41.6 Å². The van der Waals surface area contributed by atoms with Gasteiger partial charge in [0.1, 0.15) is 6.54 Å². The maximum atomic E-state index is 13.7. The third-order valence-corrected chi connectivity index (χ3v) is 9.43. The predicted octanol–water partition coefficient (Wildman–Crippen LogP) is 4.73. The zero-order valence-electron chi connectivity index (χ0n) is 20.6. The summed E-state index contributed by atoms with van der Waals surface area (Å²) in [6.45, 7) is 1.91. The quantitative estimate of drug-likeness (QED) is 0.210. The minimum absolute atomic E-state index is 0.00934. The van der Waals surface area contributed by atoms with E-state index in [-0.39, 0.29) is 17.2 Å². The smallest absolute Gasteiger partial charge is 0.264 e. The molecule has 0 saturated carbocycles. The first-order valence-electron chi connectivity index (χ1n) is 11.4. The SMILES string of the molecule is COc1ccc(S(=O)(=O)N(CC(=O)NCCSc2nc3ccccc3s2)c2ccc(C)cc2)cc1OC. The number of rotatable bonds is 11. The minimum atomic E-state index is -4.08. The lowest BCUT2D eigenvalue weighted by molar-refractivity contribution is -0.119. The fourth-order valence-electron chi connectivity index (χ4n) is 3.56. The Balaban J connectivity index is 1.47. The molecule has 0 fully saturated rings. The normalized spacial score (nSPS) is 11.3. The number of sulfonamides is 1. The molecule has 0 aliphatic carbocycles. The highest BCUT2D eigenvalue weighted by atomic mass is 32.2. The number of carbonyl (C=O) groups excluding carboxylic acids is 1. The summed E-state index contributed by atoms with van der Waals surface area (Å²) in [7, 11) is -1.17. The Morgan fingerprint density at radius 3 is 2.46 bits per heavy atom. The van der Waals surface area contributed by atoms with Gasteiger partial charge in [-0.3, -0.25) is 9.10 Å². The van der Waals surface area contributed by atoms with E-state index in [1.165, 1.54) is 32.4 Å². The van der Waals surface area contributed by atoms with Crippen LogP contribution >= 0.6 is 23.1 Å². The van der Waals surface area contributed by atoms with Gasteiger partial charge < -0.3 is 14.8 Å². The van der Waals surface area contributed by atoms with Crippen LogP contribution in [0.15, 0.2) is 76.0 Å². The molecule has 8 nitrogen and oxygen atoms in total. The number of anilines is 1. The van der Waals surface area contributed by atoms with Crippen LogP contribution in [0, 0.1) is 6.92 Å². The Hall–Kier alpha value is -3.28. The Morgan fingerprint density at radius 2 is 1.76 bits per heavy atom. The lowest BCUT2D eigenvalue weighted by Crippen LogP contribution is -2.41. The molecule has 1 aromatic heterocycles. The summed E-state index contributed by atoms with van der Waals surface area (Å²) >= 11 is 3.15. The second kappa shape index (κ2) is 11.8. The van der Waals surface area contributed by atoms with Crippen LogP contribution in [0.5, 0.6) is 11.5 Å². The second-order valence-electron chi connectivity index (χ2n) is 8.01. The number of hydrogen-bond acceptors (Lipinski definition) is 8. The number of carbonyl (C=O) groups is 1. The van der Waals surface area contributed by atoms with Crippen LogP contribution in [-0.2, 0) is 14.8 Å². The number of para-hydroxylation sites is 1. The highest BCUT2D eigenvalue weighted by Gasteiger charge is 2.28. The molecule has 0 bridgehead atoms. The van der Waals surface area contributed by atoms with Crippen molar-refractivity contribution in [2.24, 2.45) is 0 Å². The van der Waals surface area contributed by atoms with Crippen molar-refractivity contribution in [2.45, 2.75) is 16.2 Å². The molecular weight excluding hydrogens is 531 g/mol. The van der Waals surface area contributed by atoms with Gasteiger partial charge in [-0.25, -0.2) is 13.4 Å². The van der Waals surface area contributed by atoms with E-state index in [0.29, 0.717) is 23.7 Å². The molecule has 1 heterocycles. The Kier molecular flexibility index (Phi) is 8.57. The fraction of sp³-hybridized carbons (Fsp3) is 0.231. The summed E-state index contributed by atoms with van der Waals surface area (Å²) in [5.74, 6) is 0.892. The fourth-order valence-corrected chi connectivity index (χ4v) is 6.99. The number of thiazole rings is 1. The summed E-state index contributed by atoms with van der Waals surface area (Å²) in [6.07, 6.45) is 0. The summed E-state index contributed by atoms with van der Waals surface area (Å²) in [6, 6.07) is 19.3. The molecule has 0 unspecified atom stereocenters. The van der Waals surface area contributed by atoms with E-state index in [1.807, 2.05) is 31.2 Å². The summed E-state index contributed by atoms with van der Waals surface area (Å²) in [5.41, 5.74) is 2.32. The van der Waals surface area contributed by atoms with Gasteiger partial charge >= 0.3 is 0 Å². The van der Waals surface area contributed by atoms with Gasteiger partial charge in [0.05, 0.1) is 35.0 Å². The largest absolute Gasteiger partial charge is 0.493 e. The van der Waals surface area contributed by atoms with Gasteiger partial charge in [-0.2, -0.15) is 0 Å². The molecule has 0 spiro atoms. The lowest BCUT2D eigenvalue weighted by atomic mass is 10.2. The van der Waals surface area contributed by atoms with Crippen LogP contribution in [0.3, 0.4) is 0 Å². The number of aryl methyl sites for hydroxylation is 1. The zero-order chi connectivity index (χ0) is 26.4. The second-order valence-corrected chi connectivity index (χ2v) is 12.2. The molecule has 3 aromatic carbocycles. The molecule has 0 aliphatic rings. The number of nitrogens with one attached hydrogen (secondary N) is 1. The Bertz CT molecular complexity index is 1450. The molecule has 4 rings (SSSR count). The van der Waals surface area contributed by atoms with E-state index in [0.717, 1.165) is 24.4 Å². The molecule has 4 aromatic rings. The first-order chi connectivity index (χ1) is 17.8. The van der Waals surface area contributed by atoms with Crippen molar-refractivity contribution < 1.29 is 22.7 Å². The van der Waals surface area contributed by atoms with Crippen molar-refractivity contribution in [3.63, 3.8) is 0 Å². The van der Waals surface area contributed by atoms with Gasteiger partial charge in [0.25, 0.3) is 10.0 Å². The van der Waals surface area contributed by atoms with Crippen LogP contribution in [0.2, 0.25) is 0 Å². The van der Waals surface area contributed by atoms with Crippen molar-refractivity contribution in [3.8, 4) is 11.5 Å². The molecule has 1 N–H and O–H groups in total. The Morgan fingerprint density at radius 1 is 1.03 bits per heavy atom. The highest BCUT2D eigenvalue weighted by Crippen LogP contribution is 2.32. The molecule has 0 radical (unpaired) electrons. The standard InChI is InChI=1S/C26H27N3O5S3/c1-18-8-10-19(11-9-18)29(37(31,32)20-12-13-22(33-2)23(16-20)34-3)17-25(30)27-14-15-35-26-28-21-6-4-5-7-24(21)36-26/h4-13,16H,14-15,17H2,1-3H3,(H,27,30). The van der Waals surface area contributed by atoms with Crippen LogP contribution in [0.1, 0.15) is 5.56 Å². The summed E-state index contributed by atoms with van der Waals surface area (Å²) < 4.78 is 41.0. The van der Waals surface area contributed by atoms with Gasteiger partial charge in [0.15, 0.2) is 15.8 Å². The molecule has 11 heteroatoms. The van der Waals surface area contributed by atoms with E-state index in [4.69, 9.17) is 9.47 Å². The van der Waals surface area contributed by atoms with E-state index in [9.17, 15) is 13.2 Å². The minimum Gasteiger partial charge on any atom is -0.493 e. The number of hydrogen-bond donors (Lipinski definition) is 1. The van der Waals surface area contributed by atoms with E-state index in [2.05, 4.69) is 10.3 Å². The van der Waals surface area contributed by atoms with Crippen LogP contribution in [0.25, 0.3) is 10.2 Å². The highest BCUT2D eigenvalue weighted by molar-refractivity contribution is 8.01. The molecule has 0 saturated heterocycles. The number of ether oxygens (including phenoxy) is 2. The van der Waals surface area contributed by atoms with Crippen LogP contribution in [-0.4, -0.2) is 52.4 Å². The molecular formula is C26H27N3O5S3. The third-order valence-electron chi connectivity index (χ3n) is 5.48. The topological polar surface area (TPSA) is 97.8 Å². The van der Waals surface area contributed by atoms with E-state index in [1.54, 1.807) is 47.4 Å². The van der Waals surface area contributed by atoms with E-state index >= 15 is 0 Å². The maximum absolute atomic E-state index is 13.7. The molecule has 1 amide bonds. The number of methoxy groups -OCH3 is 2. The first-order valence-corrected chi connectivity index (χ1v) is 14.6. The molecule has 0 aliphatic heterocycles. The first kappa shape index (κ1) is 26.8. The summed E-state index contributed by atoms with van der Waals surface area (Å²) in [5, 5.41) is 2.83. The van der Waals surface area contributed by atoms with Gasteiger partial charge in [-0.15, -0.1) is 11.3 Å². The number of amides is 1. The van der Waals surface area contributed by atoms with Crippen molar-refractivity contribution >= 4 is 54.9 Å². The third kappa shape index (κ3) is 6.35. The zero-order valence-corrected chi connectivity index (χ0v) is 23.1. The molecule has 0 atom stereocenters. The average Bonchev–Trinajstić information content (AvgIpc) is 3.33. The number of fused-ring (bicyclic) bond motifs is 1. The van der Waals surface area contributed by atoms with Crippen LogP contribution in [0.4, 0.5) is 5.69 Å². The molecule has 37 heavy (non-hydrogen) atoms. The van der Waals surface area contributed by atoms with Crippen molar-refractivity contribution in [3.05, 3.63) is 72.3 Å². The van der Waals surface area contributed by atoms with Gasteiger partial charge in [0.2, 0.25) is 5.91 Å². The molecule has 194 valence electrons. The lowest BCUT2D eigenvalue weighted by Gasteiger charge is -2.24. The van der Waals surface area contributed by atoms with E-state index < -0.39 is 15.9 Å². The summed E-state index contributed by atoms with van der Waals surface area (Å²) in [4.78, 5) is 17.4. The number of aromatic nitrogens is 1. The van der Waals surface area contributed by atoms with Crippen LogP contribution < -0.4 is 19.1 Å². The Labute approximate surface area is 224 Å². The van der Waals surface area contributed by atoms with Gasteiger partial charge in [0, 0.05) is 18.4 Å². The monoisotopic (exact) mass is 557 g/mol. The van der Waals surface area contributed by atoms with Crippen molar-refractivity contribution in [1.82, 2.24) is 10.3 Å².